The summed E-state index contributed by atoms with van der Waals surface area (Å²) in [6.07, 6.45) is 20.6. The Bertz CT molecular complexity index is 1360. The molecule has 2 atom stereocenters. The van der Waals surface area contributed by atoms with Crippen molar-refractivity contribution in [2.24, 2.45) is 5.41 Å². The molecule has 0 unspecified atom stereocenters. The predicted molar refractivity (Wildman–Crippen MR) is 262 cm³/mol. The SMILES string of the molecule is CC(C)N[C@@H](CCCCNC(=O)COCCOCCNC(=O)COCCOCCNC(=O)CC[C@H](NC(=O)CCCCCCCCCCCCCCCCCCC(=O)O)C(=O)O)C(=O)C(C)(C)C. The van der Waals surface area contributed by atoms with E-state index in [0.29, 0.717) is 19.4 Å². The van der Waals surface area contributed by atoms with Gasteiger partial charge in [-0.1, -0.05) is 125 Å². The molecule has 7 N–H and O–H groups in total. The number of carbonyl (C=O) groups excluding carboxylic acids is 5. The van der Waals surface area contributed by atoms with Crippen molar-refractivity contribution in [3.05, 3.63) is 0 Å². The third kappa shape index (κ3) is 42.4. The summed E-state index contributed by atoms with van der Waals surface area (Å²) in [4.78, 5) is 83.6. The second kappa shape index (κ2) is 43.3. The van der Waals surface area contributed by atoms with Crippen molar-refractivity contribution < 1.29 is 62.7 Å². The van der Waals surface area contributed by atoms with Gasteiger partial charge in [0.05, 0.1) is 45.7 Å². The van der Waals surface area contributed by atoms with E-state index >= 15 is 0 Å². The smallest absolute Gasteiger partial charge is 0.326 e. The van der Waals surface area contributed by atoms with Gasteiger partial charge in [0, 0.05) is 50.4 Å². The molecule has 0 aliphatic heterocycles. The van der Waals surface area contributed by atoms with Gasteiger partial charge in [0.25, 0.3) is 0 Å². The number of ether oxygens (including phenoxy) is 4. The number of unbranched alkanes of at least 4 members (excludes halogenated alkanes) is 16. The molecule has 0 aromatic carbocycles. The van der Waals surface area contributed by atoms with Crippen LogP contribution in [0.5, 0.6) is 0 Å². The van der Waals surface area contributed by atoms with Crippen molar-refractivity contribution in [2.75, 3.05) is 72.5 Å². The van der Waals surface area contributed by atoms with E-state index in [1.807, 2.05) is 34.6 Å². The molecule has 18 nitrogen and oxygen atoms in total. The number of Topliss-reactive ketones (excluding diaryl/α,β-unsaturated/α-hetero) is 1. The van der Waals surface area contributed by atoms with Crippen molar-refractivity contribution in [3.63, 3.8) is 0 Å². The fraction of sp³-hybridized carbons (Fsp3) is 0.860. The Morgan fingerprint density at radius 3 is 1.31 bits per heavy atom. The second-order valence-electron chi connectivity index (χ2n) is 18.9. The van der Waals surface area contributed by atoms with Gasteiger partial charge >= 0.3 is 11.9 Å². The number of ketones is 1. The van der Waals surface area contributed by atoms with Gasteiger partial charge in [-0.2, -0.15) is 0 Å². The van der Waals surface area contributed by atoms with Crippen molar-refractivity contribution in [1.29, 1.82) is 0 Å². The lowest BCUT2D eigenvalue weighted by Gasteiger charge is -2.27. The van der Waals surface area contributed by atoms with Crippen molar-refractivity contribution in [1.82, 2.24) is 26.6 Å². The number of carboxylic acids is 2. The molecule has 0 saturated carbocycles. The lowest BCUT2D eigenvalue weighted by atomic mass is 9.84. The number of hydrogen-bond donors (Lipinski definition) is 7. The molecule has 0 radical (unpaired) electrons. The van der Waals surface area contributed by atoms with Gasteiger partial charge in [-0.15, -0.1) is 0 Å². The molecular formula is C50H93N5O13. The monoisotopic (exact) mass is 972 g/mol. The molecule has 0 aliphatic rings. The number of rotatable bonds is 48. The topological polar surface area (TPSA) is 257 Å². The standard InChI is InChI=1S/C50H93N5O13/c1-40(2)54-41(48(62)50(3,4)5)24-22-23-29-51-45(58)38-67-36-35-66-33-31-53-46(59)39-68-37-34-65-32-30-52-43(56)28-27-42(49(63)64)55-44(57)25-20-18-16-14-12-10-8-6-7-9-11-13-15-17-19-21-26-47(60)61/h40-42,54H,6-39H2,1-5H3,(H,51,58)(H,52,56)(H,53,59)(H,55,57)(H,60,61)(H,63,64)/t41-,42-/m0/s1. The highest BCUT2D eigenvalue weighted by Crippen LogP contribution is 2.20. The fourth-order valence-electron chi connectivity index (χ4n) is 7.24. The number of aliphatic carboxylic acids is 2. The zero-order chi connectivity index (χ0) is 50.7. The first-order valence-electron chi connectivity index (χ1n) is 25.7. The van der Waals surface area contributed by atoms with E-state index in [9.17, 15) is 38.7 Å². The minimum absolute atomic E-state index is 0.0235. The van der Waals surface area contributed by atoms with E-state index in [2.05, 4.69) is 26.6 Å². The van der Waals surface area contributed by atoms with E-state index in [0.717, 1.165) is 51.4 Å². The summed E-state index contributed by atoms with van der Waals surface area (Å²) < 4.78 is 21.5. The van der Waals surface area contributed by atoms with E-state index in [1.165, 1.54) is 57.8 Å². The summed E-state index contributed by atoms with van der Waals surface area (Å²) in [5.41, 5.74) is -0.415. The molecule has 0 fully saturated rings. The Morgan fingerprint density at radius 2 is 0.868 bits per heavy atom. The third-order valence-electron chi connectivity index (χ3n) is 11.0. The van der Waals surface area contributed by atoms with E-state index < -0.39 is 23.4 Å². The zero-order valence-electron chi connectivity index (χ0n) is 42.7. The van der Waals surface area contributed by atoms with Crippen LogP contribution in [0.4, 0.5) is 0 Å². The first-order valence-corrected chi connectivity index (χ1v) is 25.7. The third-order valence-corrected chi connectivity index (χ3v) is 11.0. The van der Waals surface area contributed by atoms with Gasteiger partial charge in [0.1, 0.15) is 19.3 Å². The van der Waals surface area contributed by atoms with E-state index in [-0.39, 0.29) is 133 Å². The van der Waals surface area contributed by atoms with Crippen LogP contribution < -0.4 is 26.6 Å². The minimum Gasteiger partial charge on any atom is -0.481 e. The summed E-state index contributed by atoms with van der Waals surface area (Å²) in [5, 5.41) is 32.3. The molecule has 0 rings (SSSR count). The number of amides is 4. The van der Waals surface area contributed by atoms with Gasteiger partial charge in [-0.05, 0) is 38.5 Å². The van der Waals surface area contributed by atoms with Crippen LogP contribution in [0.25, 0.3) is 0 Å². The molecular weight excluding hydrogens is 879 g/mol. The van der Waals surface area contributed by atoms with Gasteiger partial charge < -0.3 is 55.7 Å². The Morgan fingerprint density at radius 1 is 0.441 bits per heavy atom. The number of nitrogens with one attached hydrogen (secondary N) is 5. The lowest BCUT2D eigenvalue weighted by Crippen LogP contribution is -2.45. The summed E-state index contributed by atoms with van der Waals surface area (Å²) in [5.74, 6) is -2.90. The molecule has 0 aliphatic carbocycles. The quantitative estimate of drug-likeness (QED) is 0.0345. The van der Waals surface area contributed by atoms with Crippen LogP contribution in [0.3, 0.4) is 0 Å². The van der Waals surface area contributed by atoms with Crippen LogP contribution in [0, 0.1) is 5.41 Å². The number of carboxylic acid groups (broad SMARTS) is 2. The first kappa shape index (κ1) is 64.3. The van der Waals surface area contributed by atoms with Crippen molar-refractivity contribution >= 4 is 41.4 Å². The molecule has 18 heteroatoms. The van der Waals surface area contributed by atoms with Crippen LogP contribution in [0.2, 0.25) is 0 Å². The van der Waals surface area contributed by atoms with E-state index in [1.54, 1.807) is 0 Å². The first-order chi connectivity index (χ1) is 32.5. The molecule has 68 heavy (non-hydrogen) atoms. The minimum atomic E-state index is -1.18. The largest absolute Gasteiger partial charge is 0.481 e. The molecule has 0 heterocycles. The van der Waals surface area contributed by atoms with Gasteiger partial charge in [0.15, 0.2) is 5.78 Å². The van der Waals surface area contributed by atoms with Crippen LogP contribution in [0.15, 0.2) is 0 Å². The Balaban J connectivity index is 3.71. The number of carbonyl (C=O) groups is 7. The molecule has 0 aromatic rings. The molecule has 0 spiro atoms. The summed E-state index contributed by atoms with van der Waals surface area (Å²) in [6.45, 7) is 11.9. The summed E-state index contributed by atoms with van der Waals surface area (Å²) >= 11 is 0. The van der Waals surface area contributed by atoms with E-state index in [4.69, 9.17) is 24.1 Å². The average molecular weight is 972 g/mol. The normalized spacial score (nSPS) is 12.4. The molecule has 4 amide bonds. The fourth-order valence-corrected chi connectivity index (χ4v) is 7.24. The maximum absolute atomic E-state index is 12.7. The Hall–Kier alpha value is -3.71. The average Bonchev–Trinajstić information content (AvgIpc) is 3.27. The molecule has 0 aromatic heterocycles. The molecule has 0 bridgehead atoms. The van der Waals surface area contributed by atoms with Crippen molar-refractivity contribution in [2.45, 2.75) is 200 Å². The van der Waals surface area contributed by atoms with Gasteiger partial charge in [-0.25, -0.2) is 4.79 Å². The van der Waals surface area contributed by atoms with Gasteiger partial charge in [0.2, 0.25) is 23.6 Å². The zero-order valence-corrected chi connectivity index (χ0v) is 42.7. The maximum Gasteiger partial charge on any atom is 0.326 e. The van der Waals surface area contributed by atoms with Crippen LogP contribution in [-0.2, 0) is 52.5 Å². The highest BCUT2D eigenvalue weighted by Gasteiger charge is 2.29. The van der Waals surface area contributed by atoms with Crippen LogP contribution in [0.1, 0.15) is 182 Å². The maximum atomic E-state index is 12.7. The molecule has 396 valence electrons. The second-order valence-corrected chi connectivity index (χ2v) is 18.9. The van der Waals surface area contributed by atoms with Gasteiger partial charge in [-0.3, -0.25) is 28.8 Å². The number of hydrogen-bond acceptors (Lipinski definition) is 12. The predicted octanol–water partition coefficient (Wildman–Crippen LogP) is 6.01. The van der Waals surface area contributed by atoms with Crippen molar-refractivity contribution in [3.8, 4) is 0 Å². The molecule has 0 saturated heterocycles. The Kier molecular flexibility index (Phi) is 41.0. The Labute approximate surface area is 408 Å². The highest BCUT2D eigenvalue weighted by atomic mass is 16.5. The summed E-state index contributed by atoms with van der Waals surface area (Å²) in [6, 6.07) is -1.13. The summed E-state index contributed by atoms with van der Waals surface area (Å²) in [7, 11) is 0. The lowest BCUT2D eigenvalue weighted by molar-refractivity contribution is -0.142. The highest BCUT2D eigenvalue weighted by molar-refractivity contribution is 5.88. The van der Waals surface area contributed by atoms with Crippen LogP contribution in [-0.4, -0.2) is 142 Å². The van der Waals surface area contributed by atoms with Crippen LogP contribution >= 0.6 is 0 Å².